The SMILES string of the molecule is Cc1nn(C)c(N2CCN3CCCCC3C2)c1C(=N)N. The molecule has 2 aliphatic rings. The second-order valence-electron chi connectivity index (χ2n) is 5.95. The predicted molar refractivity (Wildman–Crippen MR) is 80.4 cm³/mol. The van der Waals surface area contributed by atoms with E-state index in [1.165, 1.54) is 25.8 Å². The third kappa shape index (κ3) is 2.18. The molecule has 0 spiro atoms. The molecule has 0 bridgehead atoms. The first kappa shape index (κ1) is 13.4. The van der Waals surface area contributed by atoms with Crippen molar-refractivity contribution < 1.29 is 0 Å². The Hall–Kier alpha value is -1.56. The molecule has 1 aromatic heterocycles. The van der Waals surface area contributed by atoms with Gasteiger partial charge in [0.15, 0.2) is 0 Å². The number of anilines is 1. The maximum absolute atomic E-state index is 7.82. The van der Waals surface area contributed by atoms with Crippen LogP contribution >= 0.6 is 0 Å². The maximum Gasteiger partial charge on any atom is 0.137 e. The Bertz CT molecular complexity index is 520. The van der Waals surface area contributed by atoms with Crippen molar-refractivity contribution in [2.24, 2.45) is 12.8 Å². The number of fused-ring (bicyclic) bond motifs is 1. The number of aromatic nitrogens is 2. The van der Waals surface area contributed by atoms with Crippen molar-refractivity contribution >= 4 is 11.7 Å². The van der Waals surface area contributed by atoms with Crippen molar-refractivity contribution in [1.82, 2.24) is 14.7 Å². The molecule has 0 aromatic carbocycles. The van der Waals surface area contributed by atoms with E-state index >= 15 is 0 Å². The lowest BCUT2D eigenvalue weighted by atomic mass is 9.99. The minimum atomic E-state index is 0.122. The summed E-state index contributed by atoms with van der Waals surface area (Å²) in [6.07, 6.45) is 3.95. The van der Waals surface area contributed by atoms with E-state index in [9.17, 15) is 0 Å². The summed E-state index contributed by atoms with van der Waals surface area (Å²) in [4.78, 5) is 4.97. The first-order valence-corrected chi connectivity index (χ1v) is 7.45. The van der Waals surface area contributed by atoms with Gasteiger partial charge < -0.3 is 10.6 Å². The zero-order chi connectivity index (χ0) is 14.3. The molecule has 0 aliphatic carbocycles. The monoisotopic (exact) mass is 276 g/mol. The maximum atomic E-state index is 7.82. The molecule has 0 saturated carbocycles. The summed E-state index contributed by atoms with van der Waals surface area (Å²) < 4.78 is 1.88. The van der Waals surface area contributed by atoms with Crippen LogP contribution in [-0.2, 0) is 7.05 Å². The van der Waals surface area contributed by atoms with Crippen LogP contribution in [-0.4, -0.2) is 52.7 Å². The van der Waals surface area contributed by atoms with Crippen LogP contribution in [0.4, 0.5) is 5.82 Å². The topological polar surface area (TPSA) is 74.2 Å². The van der Waals surface area contributed by atoms with Crippen LogP contribution in [0, 0.1) is 12.3 Å². The van der Waals surface area contributed by atoms with E-state index in [4.69, 9.17) is 11.1 Å². The van der Waals surface area contributed by atoms with Gasteiger partial charge in [-0.25, -0.2) is 0 Å². The Morgan fingerprint density at radius 2 is 2.10 bits per heavy atom. The molecule has 0 amide bonds. The lowest BCUT2D eigenvalue weighted by Gasteiger charge is -2.44. The van der Waals surface area contributed by atoms with Crippen LogP contribution in [0.5, 0.6) is 0 Å². The third-order valence-electron chi connectivity index (χ3n) is 4.60. The predicted octanol–water partition coefficient (Wildman–Crippen LogP) is 0.687. The van der Waals surface area contributed by atoms with Gasteiger partial charge in [0.25, 0.3) is 0 Å². The summed E-state index contributed by atoms with van der Waals surface area (Å²) in [7, 11) is 1.95. The van der Waals surface area contributed by atoms with Crippen LogP contribution in [0.1, 0.15) is 30.5 Å². The quantitative estimate of drug-likeness (QED) is 0.615. The molecule has 2 aliphatic heterocycles. The van der Waals surface area contributed by atoms with Crippen molar-refractivity contribution in [3.63, 3.8) is 0 Å². The van der Waals surface area contributed by atoms with Crippen molar-refractivity contribution in [3.8, 4) is 0 Å². The number of piperidine rings is 1. The zero-order valence-electron chi connectivity index (χ0n) is 12.4. The van der Waals surface area contributed by atoms with E-state index in [0.29, 0.717) is 6.04 Å². The Kier molecular flexibility index (Phi) is 3.41. The number of aryl methyl sites for hydroxylation is 2. The average molecular weight is 276 g/mol. The summed E-state index contributed by atoms with van der Waals surface area (Å²) in [5, 5.41) is 12.3. The first-order valence-electron chi connectivity index (χ1n) is 7.45. The Balaban J connectivity index is 1.88. The van der Waals surface area contributed by atoms with E-state index in [-0.39, 0.29) is 5.84 Å². The molecule has 110 valence electrons. The average Bonchev–Trinajstić information content (AvgIpc) is 2.73. The van der Waals surface area contributed by atoms with Crippen LogP contribution < -0.4 is 10.6 Å². The van der Waals surface area contributed by atoms with Crippen molar-refractivity contribution in [2.45, 2.75) is 32.2 Å². The normalized spacial score (nSPS) is 23.7. The largest absolute Gasteiger partial charge is 0.384 e. The van der Waals surface area contributed by atoms with E-state index < -0.39 is 0 Å². The fraction of sp³-hybridized carbons (Fsp3) is 0.714. The summed E-state index contributed by atoms with van der Waals surface area (Å²) >= 11 is 0. The molecule has 1 atom stereocenters. The van der Waals surface area contributed by atoms with Gasteiger partial charge in [-0.05, 0) is 26.3 Å². The molecular weight excluding hydrogens is 252 g/mol. The standard InChI is InChI=1S/C14H24N6/c1-10-12(13(15)16)14(18(2)17-10)20-8-7-19-6-4-3-5-11(19)9-20/h11H,3-9H2,1-2H3,(H3,15,16). The Labute approximate surface area is 120 Å². The summed E-state index contributed by atoms with van der Waals surface area (Å²) in [5.74, 6) is 1.14. The number of nitrogen functional groups attached to an aromatic ring is 1. The molecule has 2 fully saturated rings. The van der Waals surface area contributed by atoms with Gasteiger partial charge in [0, 0.05) is 32.7 Å². The molecule has 6 nitrogen and oxygen atoms in total. The van der Waals surface area contributed by atoms with Crippen molar-refractivity contribution in [2.75, 3.05) is 31.1 Å². The number of nitrogens with zero attached hydrogens (tertiary/aromatic N) is 4. The van der Waals surface area contributed by atoms with Crippen LogP contribution in [0.3, 0.4) is 0 Å². The highest BCUT2D eigenvalue weighted by atomic mass is 15.4. The smallest absolute Gasteiger partial charge is 0.137 e. The van der Waals surface area contributed by atoms with Gasteiger partial charge in [0.1, 0.15) is 11.7 Å². The molecule has 20 heavy (non-hydrogen) atoms. The molecule has 3 N–H and O–H groups in total. The van der Waals surface area contributed by atoms with Gasteiger partial charge in [-0.3, -0.25) is 15.0 Å². The second kappa shape index (κ2) is 5.09. The number of amidine groups is 1. The van der Waals surface area contributed by atoms with Crippen LogP contribution in [0.25, 0.3) is 0 Å². The summed E-state index contributed by atoms with van der Waals surface area (Å²) in [6.45, 7) is 6.29. The highest BCUT2D eigenvalue weighted by Crippen LogP contribution is 2.28. The van der Waals surface area contributed by atoms with Gasteiger partial charge >= 0.3 is 0 Å². The van der Waals surface area contributed by atoms with Gasteiger partial charge in [-0.2, -0.15) is 5.10 Å². The number of rotatable bonds is 2. The van der Waals surface area contributed by atoms with Gasteiger partial charge in [0.2, 0.25) is 0 Å². The third-order valence-corrected chi connectivity index (χ3v) is 4.60. The zero-order valence-corrected chi connectivity index (χ0v) is 12.4. The van der Waals surface area contributed by atoms with Gasteiger partial charge in [-0.1, -0.05) is 6.42 Å². The number of hydrogen-bond donors (Lipinski definition) is 2. The molecule has 6 heteroatoms. The number of hydrogen-bond acceptors (Lipinski definition) is 4. The van der Waals surface area contributed by atoms with E-state index in [1.807, 2.05) is 18.7 Å². The fourth-order valence-electron chi connectivity index (χ4n) is 3.67. The highest BCUT2D eigenvalue weighted by Gasteiger charge is 2.32. The molecule has 1 unspecified atom stereocenters. The summed E-state index contributed by atoms with van der Waals surface area (Å²) in [5.41, 5.74) is 7.41. The van der Waals surface area contributed by atoms with Gasteiger partial charge in [0.05, 0.1) is 11.3 Å². The number of nitrogens with two attached hydrogens (primary N) is 1. The molecule has 3 heterocycles. The van der Waals surface area contributed by atoms with Crippen LogP contribution in [0.15, 0.2) is 0 Å². The van der Waals surface area contributed by atoms with Crippen molar-refractivity contribution in [1.29, 1.82) is 5.41 Å². The number of piperazine rings is 1. The fourth-order valence-corrected chi connectivity index (χ4v) is 3.67. The second-order valence-corrected chi connectivity index (χ2v) is 5.95. The van der Waals surface area contributed by atoms with E-state index in [1.54, 1.807) is 0 Å². The van der Waals surface area contributed by atoms with Crippen molar-refractivity contribution in [3.05, 3.63) is 11.3 Å². The lowest BCUT2D eigenvalue weighted by Crippen LogP contribution is -2.55. The Morgan fingerprint density at radius 1 is 1.30 bits per heavy atom. The van der Waals surface area contributed by atoms with Gasteiger partial charge in [-0.15, -0.1) is 0 Å². The minimum Gasteiger partial charge on any atom is -0.384 e. The molecule has 1 aromatic rings. The summed E-state index contributed by atoms with van der Waals surface area (Å²) in [6, 6.07) is 0.646. The lowest BCUT2D eigenvalue weighted by molar-refractivity contribution is 0.133. The number of nitrogens with one attached hydrogen (secondary N) is 1. The van der Waals surface area contributed by atoms with E-state index in [2.05, 4.69) is 14.9 Å². The first-order chi connectivity index (χ1) is 9.58. The van der Waals surface area contributed by atoms with E-state index in [0.717, 1.165) is 36.7 Å². The molecule has 0 radical (unpaired) electrons. The molecule has 3 rings (SSSR count). The minimum absolute atomic E-state index is 0.122. The Morgan fingerprint density at radius 3 is 2.85 bits per heavy atom. The molecule has 2 saturated heterocycles. The molecular formula is C14H24N6. The highest BCUT2D eigenvalue weighted by molar-refractivity contribution is 6.00. The van der Waals surface area contributed by atoms with Crippen LogP contribution in [0.2, 0.25) is 0 Å².